The SMILES string of the molecule is COc1ccc(NC(=O)CSC2=NC(=O)C3C=NN(CCO)C3=N2)cc1OC. The number of aliphatic imine (C=N–C) groups is 2. The molecule has 0 saturated carbocycles. The van der Waals surface area contributed by atoms with E-state index in [0.29, 0.717) is 23.0 Å². The molecule has 2 aliphatic rings. The number of amides is 2. The van der Waals surface area contributed by atoms with Crippen LogP contribution >= 0.6 is 11.8 Å². The smallest absolute Gasteiger partial charge is 0.264 e. The fraction of sp³-hybridized carbons (Fsp3) is 0.353. The van der Waals surface area contributed by atoms with Gasteiger partial charge in [0, 0.05) is 18.0 Å². The number of methoxy groups -OCH3 is 2. The molecule has 2 amide bonds. The molecule has 11 heteroatoms. The molecule has 0 spiro atoms. The zero-order chi connectivity index (χ0) is 20.1. The third-order valence-electron chi connectivity index (χ3n) is 3.89. The molecule has 0 saturated heterocycles. The Hall–Kier alpha value is -2.92. The number of benzene rings is 1. The van der Waals surface area contributed by atoms with Crippen molar-refractivity contribution in [2.45, 2.75) is 0 Å². The maximum atomic E-state index is 12.2. The second-order valence-electron chi connectivity index (χ2n) is 5.70. The van der Waals surface area contributed by atoms with Crippen molar-refractivity contribution >= 4 is 46.5 Å². The first-order valence-electron chi connectivity index (χ1n) is 8.34. The summed E-state index contributed by atoms with van der Waals surface area (Å²) in [5, 5.41) is 17.5. The van der Waals surface area contributed by atoms with E-state index in [1.54, 1.807) is 18.2 Å². The van der Waals surface area contributed by atoms with E-state index in [9.17, 15) is 9.59 Å². The molecule has 0 radical (unpaired) electrons. The summed E-state index contributed by atoms with van der Waals surface area (Å²) >= 11 is 1.04. The number of β-amino-alcohol motifs (C(OH)–C–C–N with tert-alkyl or cyclic N) is 1. The Bertz CT molecular complexity index is 869. The molecule has 2 aliphatic heterocycles. The zero-order valence-electron chi connectivity index (χ0n) is 15.3. The van der Waals surface area contributed by atoms with E-state index in [1.165, 1.54) is 25.4 Å². The number of aliphatic hydroxyl groups is 1. The molecule has 0 fully saturated rings. The van der Waals surface area contributed by atoms with Gasteiger partial charge in [0.25, 0.3) is 5.91 Å². The van der Waals surface area contributed by atoms with Crippen molar-refractivity contribution in [3.8, 4) is 11.5 Å². The van der Waals surface area contributed by atoms with Crippen LogP contribution in [-0.4, -0.2) is 72.3 Å². The summed E-state index contributed by atoms with van der Waals surface area (Å²) in [5.41, 5.74) is 0.551. The third kappa shape index (κ3) is 4.31. The van der Waals surface area contributed by atoms with Crippen LogP contribution in [-0.2, 0) is 9.59 Å². The average molecular weight is 405 g/mol. The number of amidine groups is 2. The molecule has 0 aliphatic carbocycles. The first-order chi connectivity index (χ1) is 13.5. The van der Waals surface area contributed by atoms with Crippen LogP contribution in [0.25, 0.3) is 0 Å². The number of fused-ring (bicyclic) bond motifs is 1. The summed E-state index contributed by atoms with van der Waals surface area (Å²) in [7, 11) is 3.04. The van der Waals surface area contributed by atoms with Gasteiger partial charge in [-0.2, -0.15) is 10.1 Å². The number of rotatable bonds is 7. The molecule has 1 atom stereocenters. The maximum absolute atomic E-state index is 12.2. The molecule has 3 rings (SSSR count). The quantitative estimate of drug-likeness (QED) is 0.680. The van der Waals surface area contributed by atoms with Gasteiger partial charge in [-0.15, -0.1) is 0 Å². The van der Waals surface area contributed by atoms with Gasteiger partial charge in [0.15, 0.2) is 16.7 Å². The number of carbonyl (C=O) groups is 2. The molecule has 10 nitrogen and oxygen atoms in total. The lowest BCUT2D eigenvalue weighted by Gasteiger charge is -2.19. The van der Waals surface area contributed by atoms with E-state index in [2.05, 4.69) is 20.4 Å². The fourth-order valence-electron chi connectivity index (χ4n) is 2.59. The van der Waals surface area contributed by atoms with E-state index in [4.69, 9.17) is 14.6 Å². The lowest BCUT2D eigenvalue weighted by Crippen LogP contribution is -2.35. The van der Waals surface area contributed by atoms with Crippen LogP contribution in [0.5, 0.6) is 11.5 Å². The van der Waals surface area contributed by atoms with Gasteiger partial charge in [0.05, 0.1) is 33.1 Å². The van der Waals surface area contributed by atoms with Crippen molar-refractivity contribution in [1.29, 1.82) is 0 Å². The second-order valence-corrected chi connectivity index (χ2v) is 6.64. The Balaban J connectivity index is 1.60. The van der Waals surface area contributed by atoms with Gasteiger partial charge in [-0.25, -0.2) is 10.0 Å². The fourth-order valence-corrected chi connectivity index (χ4v) is 3.24. The predicted molar refractivity (Wildman–Crippen MR) is 106 cm³/mol. The van der Waals surface area contributed by atoms with Crippen molar-refractivity contribution in [3.63, 3.8) is 0 Å². The molecule has 1 aromatic carbocycles. The maximum Gasteiger partial charge on any atom is 0.264 e. The first kappa shape index (κ1) is 19.8. The molecule has 28 heavy (non-hydrogen) atoms. The Kier molecular flexibility index (Phi) is 6.26. The molecule has 2 N–H and O–H groups in total. The molecule has 1 aromatic rings. The van der Waals surface area contributed by atoms with Crippen LogP contribution in [0.1, 0.15) is 0 Å². The van der Waals surface area contributed by atoms with Crippen LogP contribution in [0, 0.1) is 5.92 Å². The summed E-state index contributed by atoms with van der Waals surface area (Å²) in [6.45, 7) is 0.113. The summed E-state index contributed by atoms with van der Waals surface area (Å²) in [6.07, 6.45) is 1.45. The largest absolute Gasteiger partial charge is 0.493 e. The number of hydrogen-bond donors (Lipinski definition) is 2. The molecular formula is C17H19N5O5S. The minimum atomic E-state index is -0.628. The van der Waals surface area contributed by atoms with E-state index >= 15 is 0 Å². The Labute approximate surface area is 165 Å². The van der Waals surface area contributed by atoms with Crippen molar-refractivity contribution in [2.75, 3.05) is 38.4 Å². The number of nitrogens with zero attached hydrogens (tertiary/aromatic N) is 4. The summed E-state index contributed by atoms with van der Waals surface area (Å²) < 4.78 is 10.4. The number of hydrazone groups is 1. The van der Waals surface area contributed by atoms with Gasteiger partial charge in [-0.1, -0.05) is 11.8 Å². The van der Waals surface area contributed by atoms with Gasteiger partial charge in [0.2, 0.25) is 5.91 Å². The van der Waals surface area contributed by atoms with Crippen LogP contribution in [0.3, 0.4) is 0 Å². The Morgan fingerprint density at radius 1 is 1.29 bits per heavy atom. The first-order valence-corrected chi connectivity index (χ1v) is 9.32. The van der Waals surface area contributed by atoms with Crippen LogP contribution < -0.4 is 14.8 Å². The van der Waals surface area contributed by atoms with Crippen molar-refractivity contribution < 1.29 is 24.2 Å². The van der Waals surface area contributed by atoms with E-state index in [-0.39, 0.29) is 30.0 Å². The highest BCUT2D eigenvalue weighted by molar-refractivity contribution is 8.14. The van der Waals surface area contributed by atoms with Gasteiger partial charge in [-0.3, -0.25) is 9.59 Å². The molecule has 0 aromatic heterocycles. The minimum Gasteiger partial charge on any atom is -0.493 e. The topological polar surface area (TPSA) is 125 Å². The standard InChI is InChI=1S/C17H19N5O5S/c1-26-12-4-3-10(7-13(12)27-2)19-14(24)9-28-17-20-15-11(16(25)21-17)8-18-22(15)5-6-23/h3-4,7-8,11,23H,5-6,9H2,1-2H3,(H,19,24). The van der Waals surface area contributed by atoms with Crippen molar-refractivity contribution in [1.82, 2.24) is 5.01 Å². The normalized spacial score (nSPS) is 17.8. The number of hydrogen-bond acceptors (Lipinski definition) is 9. The Morgan fingerprint density at radius 2 is 2.07 bits per heavy atom. The second kappa shape index (κ2) is 8.85. The van der Waals surface area contributed by atoms with E-state index < -0.39 is 11.8 Å². The van der Waals surface area contributed by atoms with E-state index in [0.717, 1.165) is 11.8 Å². The number of nitrogens with one attached hydrogen (secondary N) is 1. The summed E-state index contributed by atoms with van der Waals surface area (Å²) in [6, 6.07) is 5.03. The van der Waals surface area contributed by atoms with E-state index in [1.807, 2.05) is 0 Å². The lowest BCUT2D eigenvalue weighted by molar-refractivity contribution is -0.118. The zero-order valence-corrected chi connectivity index (χ0v) is 16.1. The van der Waals surface area contributed by atoms with Gasteiger partial charge in [-0.05, 0) is 12.1 Å². The highest BCUT2D eigenvalue weighted by Gasteiger charge is 2.35. The van der Waals surface area contributed by atoms with Crippen LogP contribution in [0.15, 0.2) is 33.3 Å². The van der Waals surface area contributed by atoms with Crippen molar-refractivity contribution in [3.05, 3.63) is 18.2 Å². The van der Waals surface area contributed by atoms with Crippen LogP contribution in [0.4, 0.5) is 5.69 Å². The highest BCUT2D eigenvalue weighted by atomic mass is 32.2. The van der Waals surface area contributed by atoms with Gasteiger partial charge >= 0.3 is 0 Å². The summed E-state index contributed by atoms with van der Waals surface area (Å²) in [5.74, 6) is 0.178. The molecule has 1 unspecified atom stereocenters. The number of anilines is 1. The third-order valence-corrected chi connectivity index (χ3v) is 4.74. The monoisotopic (exact) mass is 405 g/mol. The average Bonchev–Trinajstić information content (AvgIpc) is 3.10. The highest BCUT2D eigenvalue weighted by Crippen LogP contribution is 2.30. The Morgan fingerprint density at radius 3 is 2.79 bits per heavy atom. The number of ether oxygens (including phenoxy) is 2. The minimum absolute atomic E-state index is 0.0166. The number of carbonyl (C=O) groups excluding carboxylic acids is 2. The number of aliphatic hydroxyl groups excluding tert-OH is 1. The molecule has 148 valence electrons. The van der Waals surface area contributed by atoms with Crippen molar-refractivity contribution in [2.24, 2.45) is 21.0 Å². The molecule has 0 bridgehead atoms. The molecular weight excluding hydrogens is 386 g/mol. The van der Waals surface area contributed by atoms with Gasteiger partial charge < -0.3 is 19.9 Å². The summed E-state index contributed by atoms with van der Waals surface area (Å²) in [4.78, 5) is 32.5. The number of thioether (sulfide) groups is 1. The van der Waals surface area contributed by atoms with Crippen LogP contribution in [0.2, 0.25) is 0 Å². The lowest BCUT2D eigenvalue weighted by atomic mass is 10.1. The van der Waals surface area contributed by atoms with Gasteiger partial charge in [0.1, 0.15) is 11.8 Å². The predicted octanol–water partition coefficient (Wildman–Crippen LogP) is 0.580. The molecule has 2 heterocycles.